The van der Waals surface area contributed by atoms with Crippen LogP contribution in [0.5, 0.6) is 6.01 Å². The summed E-state index contributed by atoms with van der Waals surface area (Å²) >= 11 is 0. The third kappa shape index (κ3) is 5.20. The van der Waals surface area contributed by atoms with Crippen LogP contribution in [0.15, 0.2) is 0 Å². The van der Waals surface area contributed by atoms with Gasteiger partial charge in [0.2, 0.25) is 11.9 Å². The van der Waals surface area contributed by atoms with Crippen molar-refractivity contribution in [1.82, 2.24) is 15.0 Å². The molecule has 0 saturated heterocycles. The Labute approximate surface area is 111 Å². The third-order valence-corrected chi connectivity index (χ3v) is 2.19. The predicted molar refractivity (Wildman–Crippen MR) is 70.0 cm³/mol. The minimum atomic E-state index is -0.105. The number of ether oxygens (including phenoxy) is 3. The van der Waals surface area contributed by atoms with Gasteiger partial charge in [0.05, 0.1) is 19.3 Å². The minimum absolute atomic E-state index is 0.105. The van der Waals surface area contributed by atoms with Gasteiger partial charge in [-0.1, -0.05) is 0 Å². The largest absolute Gasteiger partial charge is 0.464 e. The molecule has 1 rings (SSSR count). The molecular weight excluding hydrogens is 252 g/mol. The first-order chi connectivity index (χ1) is 9.23. The van der Waals surface area contributed by atoms with Crippen LogP contribution in [-0.4, -0.2) is 55.0 Å². The Morgan fingerprint density at radius 3 is 2.53 bits per heavy atom. The molecule has 0 aliphatic rings. The van der Waals surface area contributed by atoms with Crippen molar-refractivity contribution in [1.29, 1.82) is 0 Å². The first kappa shape index (κ1) is 15.3. The lowest BCUT2D eigenvalue weighted by molar-refractivity contribution is 0.0364. The number of rotatable bonds is 9. The van der Waals surface area contributed by atoms with Crippen LogP contribution in [0, 0.1) is 0 Å². The van der Waals surface area contributed by atoms with Crippen molar-refractivity contribution in [3.8, 4) is 6.01 Å². The van der Waals surface area contributed by atoms with E-state index in [1.54, 1.807) is 14.2 Å². The number of nitrogens with two attached hydrogens (primary N) is 1. The van der Waals surface area contributed by atoms with Gasteiger partial charge in [0, 0.05) is 20.8 Å². The number of hydrogen-bond acceptors (Lipinski definition) is 9. The van der Waals surface area contributed by atoms with E-state index in [1.165, 1.54) is 0 Å². The van der Waals surface area contributed by atoms with Crippen molar-refractivity contribution in [2.75, 3.05) is 44.7 Å². The molecular formula is C10H20N6O3. The van der Waals surface area contributed by atoms with Gasteiger partial charge in [-0.15, -0.1) is 0 Å². The number of aromatic nitrogens is 3. The van der Waals surface area contributed by atoms with Gasteiger partial charge in [0.1, 0.15) is 0 Å². The first-order valence-corrected chi connectivity index (χ1v) is 5.84. The topological polar surface area (TPSA) is 116 Å². The molecule has 0 aliphatic carbocycles. The molecule has 1 atom stereocenters. The van der Waals surface area contributed by atoms with Crippen molar-refractivity contribution >= 4 is 11.9 Å². The summed E-state index contributed by atoms with van der Waals surface area (Å²) in [6.45, 7) is 3.25. The van der Waals surface area contributed by atoms with Gasteiger partial charge in [-0.3, -0.25) is 5.43 Å². The first-order valence-electron chi connectivity index (χ1n) is 5.84. The predicted octanol–water partition coefficient (Wildman–Crippen LogP) is -0.371. The molecule has 0 saturated carbocycles. The van der Waals surface area contributed by atoms with E-state index in [-0.39, 0.29) is 18.1 Å². The number of hydrogen-bond donors (Lipinski definition) is 3. The monoisotopic (exact) mass is 272 g/mol. The lowest BCUT2D eigenvalue weighted by Gasteiger charge is -2.15. The summed E-state index contributed by atoms with van der Waals surface area (Å²) in [7, 11) is 3.22. The van der Waals surface area contributed by atoms with Crippen LogP contribution in [-0.2, 0) is 9.47 Å². The highest BCUT2D eigenvalue weighted by atomic mass is 16.5. The molecule has 0 bridgehead atoms. The van der Waals surface area contributed by atoms with Gasteiger partial charge in [-0.05, 0) is 6.92 Å². The molecule has 9 heteroatoms. The van der Waals surface area contributed by atoms with Gasteiger partial charge < -0.3 is 19.5 Å². The van der Waals surface area contributed by atoms with Crippen LogP contribution in [0.3, 0.4) is 0 Å². The summed E-state index contributed by atoms with van der Waals surface area (Å²) in [6, 6.07) is 0.202. The molecule has 108 valence electrons. The molecule has 1 unspecified atom stereocenters. The second kappa shape index (κ2) is 8.40. The van der Waals surface area contributed by atoms with Crippen molar-refractivity contribution < 1.29 is 14.2 Å². The standard InChI is InChI=1S/C10H20N6O3/c1-4-19-10-14-8(13-9(15-10)16-11)12-5-7(18-3)6-17-2/h7H,4-6,11H2,1-3H3,(H2,12,13,14,15,16). The fourth-order valence-corrected chi connectivity index (χ4v) is 1.30. The van der Waals surface area contributed by atoms with Gasteiger partial charge in [-0.2, -0.15) is 15.0 Å². The summed E-state index contributed by atoms with van der Waals surface area (Å²) in [6.07, 6.45) is -0.105. The molecule has 19 heavy (non-hydrogen) atoms. The van der Waals surface area contributed by atoms with Gasteiger partial charge in [-0.25, -0.2) is 5.84 Å². The smallest absolute Gasteiger partial charge is 0.323 e. The third-order valence-electron chi connectivity index (χ3n) is 2.19. The zero-order valence-corrected chi connectivity index (χ0v) is 11.3. The molecule has 4 N–H and O–H groups in total. The molecule has 0 aromatic carbocycles. The number of methoxy groups -OCH3 is 2. The van der Waals surface area contributed by atoms with Gasteiger partial charge >= 0.3 is 6.01 Å². The molecule has 0 spiro atoms. The second-order valence-corrected chi connectivity index (χ2v) is 3.54. The fraction of sp³-hybridized carbons (Fsp3) is 0.700. The molecule has 0 radical (unpaired) electrons. The van der Waals surface area contributed by atoms with E-state index in [4.69, 9.17) is 20.1 Å². The summed E-state index contributed by atoms with van der Waals surface area (Å²) in [5.74, 6) is 5.86. The van der Waals surface area contributed by atoms with E-state index in [2.05, 4.69) is 25.7 Å². The molecule has 1 heterocycles. The lowest BCUT2D eigenvalue weighted by Crippen LogP contribution is -2.27. The Kier molecular flexibility index (Phi) is 6.79. The average Bonchev–Trinajstić information content (AvgIpc) is 2.43. The summed E-state index contributed by atoms with van der Waals surface area (Å²) in [5, 5.41) is 3.01. The number of nitrogens with one attached hydrogen (secondary N) is 2. The summed E-state index contributed by atoms with van der Waals surface area (Å²) in [5.41, 5.74) is 2.35. The molecule has 1 aromatic heterocycles. The highest BCUT2D eigenvalue weighted by molar-refractivity contribution is 5.34. The van der Waals surface area contributed by atoms with E-state index in [9.17, 15) is 0 Å². The molecule has 0 fully saturated rings. The van der Waals surface area contributed by atoms with Crippen molar-refractivity contribution in [2.45, 2.75) is 13.0 Å². The van der Waals surface area contributed by atoms with Crippen molar-refractivity contribution in [3.63, 3.8) is 0 Å². The maximum absolute atomic E-state index is 5.28. The highest BCUT2D eigenvalue weighted by Gasteiger charge is 2.10. The minimum Gasteiger partial charge on any atom is -0.464 e. The Hall–Kier alpha value is -1.71. The number of nitrogen functional groups attached to an aromatic ring is 1. The molecule has 0 aliphatic heterocycles. The quantitative estimate of drug-likeness (QED) is 0.409. The van der Waals surface area contributed by atoms with E-state index < -0.39 is 0 Å². The zero-order valence-electron chi connectivity index (χ0n) is 11.3. The number of hydrazine groups is 1. The zero-order chi connectivity index (χ0) is 14.1. The maximum atomic E-state index is 5.28. The molecule has 1 aromatic rings. The lowest BCUT2D eigenvalue weighted by atomic mass is 10.4. The SMILES string of the molecule is CCOc1nc(NN)nc(NCC(COC)OC)n1. The van der Waals surface area contributed by atoms with Crippen molar-refractivity contribution in [2.24, 2.45) is 5.84 Å². The Bertz CT molecular complexity index is 378. The number of nitrogens with zero attached hydrogens (tertiary/aromatic N) is 3. The highest BCUT2D eigenvalue weighted by Crippen LogP contribution is 2.10. The maximum Gasteiger partial charge on any atom is 0.323 e. The van der Waals surface area contributed by atoms with Crippen molar-refractivity contribution in [3.05, 3.63) is 0 Å². The van der Waals surface area contributed by atoms with E-state index in [0.29, 0.717) is 25.7 Å². The molecule has 9 nitrogen and oxygen atoms in total. The summed E-state index contributed by atoms with van der Waals surface area (Å²) in [4.78, 5) is 12.1. The summed E-state index contributed by atoms with van der Waals surface area (Å²) < 4.78 is 15.4. The van der Waals surface area contributed by atoms with E-state index in [1.807, 2.05) is 6.92 Å². The Morgan fingerprint density at radius 2 is 1.95 bits per heavy atom. The van der Waals surface area contributed by atoms with Gasteiger partial charge in [0.15, 0.2) is 0 Å². The Morgan fingerprint density at radius 1 is 1.21 bits per heavy atom. The van der Waals surface area contributed by atoms with E-state index >= 15 is 0 Å². The Balaban J connectivity index is 2.67. The van der Waals surface area contributed by atoms with Gasteiger partial charge in [0.25, 0.3) is 0 Å². The van der Waals surface area contributed by atoms with Crippen LogP contribution in [0.4, 0.5) is 11.9 Å². The average molecular weight is 272 g/mol. The second-order valence-electron chi connectivity index (χ2n) is 3.54. The van der Waals surface area contributed by atoms with E-state index in [0.717, 1.165) is 0 Å². The molecule has 0 amide bonds. The fourth-order valence-electron chi connectivity index (χ4n) is 1.30. The van der Waals surface area contributed by atoms with Crippen LogP contribution < -0.4 is 21.3 Å². The van der Waals surface area contributed by atoms with Crippen LogP contribution >= 0.6 is 0 Å². The normalized spacial score (nSPS) is 12.0. The van der Waals surface area contributed by atoms with Crippen LogP contribution in [0.1, 0.15) is 6.92 Å². The number of anilines is 2. The van der Waals surface area contributed by atoms with Crippen LogP contribution in [0.25, 0.3) is 0 Å². The van der Waals surface area contributed by atoms with Crippen LogP contribution in [0.2, 0.25) is 0 Å².